The predicted molar refractivity (Wildman–Crippen MR) is 63.6 cm³/mol. The van der Waals surface area contributed by atoms with Crippen molar-refractivity contribution in [2.45, 2.75) is 25.8 Å². The minimum Gasteiger partial charge on any atom is -0.384 e. The fraction of sp³-hybridized carbons (Fsp3) is 1.00. The van der Waals surface area contributed by atoms with Crippen LogP contribution in [0.2, 0.25) is 0 Å². The number of hydrogen-bond acceptors (Lipinski definition) is 4. The van der Waals surface area contributed by atoms with E-state index in [1.54, 1.807) is 4.31 Å². The predicted octanol–water partition coefficient (Wildman–Crippen LogP) is 0.0218. The first-order valence-electron chi connectivity index (χ1n) is 5.69. The molecule has 0 amide bonds. The molecular weight excluding hydrogens is 228 g/mol. The fourth-order valence-corrected chi connectivity index (χ4v) is 3.40. The highest BCUT2D eigenvalue weighted by Gasteiger charge is 2.28. The zero-order valence-corrected chi connectivity index (χ0v) is 10.9. The Morgan fingerprint density at radius 3 is 2.44 bits per heavy atom. The highest BCUT2D eigenvalue weighted by atomic mass is 32.2. The van der Waals surface area contributed by atoms with Gasteiger partial charge in [-0.05, 0) is 25.7 Å². The molecule has 1 heterocycles. The molecule has 0 radical (unpaired) electrons. The molecule has 0 spiro atoms. The minimum absolute atomic E-state index is 0.0757. The molecule has 5 nitrogen and oxygen atoms in total. The fourth-order valence-electron chi connectivity index (χ4n) is 2.00. The van der Waals surface area contributed by atoms with Gasteiger partial charge >= 0.3 is 0 Å². The molecule has 96 valence electrons. The number of hydrogen-bond donors (Lipinski definition) is 1. The van der Waals surface area contributed by atoms with Crippen LogP contribution in [-0.2, 0) is 14.8 Å². The molecule has 1 aliphatic rings. The van der Waals surface area contributed by atoms with E-state index in [-0.39, 0.29) is 18.4 Å². The van der Waals surface area contributed by atoms with Crippen LogP contribution in [-0.4, -0.2) is 51.3 Å². The molecular formula is C10H22N2O3S. The maximum atomic E-state index is 11.8. The van der Waals surface area contributed by atoms with E-state index in [4.69, 9.17) is 10.5 Å². The second-order valence-corrected chi connectivity index (χ2v) is 6.49. The van der Waals surface area contributed by atoms with Gasteiger partial charge in [-0.1, -0.05) is 0 Å². The molecule has 0 aliphatic carbocycles. The number of piperidine rings is 1. The van der Waals surface area contributed by atoms with Gasteiger partial charge in [0.05, 0.1) is 12.4 Å². The summed E-state index contributed by atoms with van der Waals surface area (Å²) in [6, 6.07) is 0.156. The van der Waals surface area contributed by atoms with Crippen molar-refractivity contribution in [3.05, 3.63) is 0 Å². The van der Waals surface area contributed by atoms with Crippen LogP contribution in [0.5, 0.6) is 0 Å². The molecule has 16 heavy (non-hydrogen) atoms. The Bertz CT molecular complexity index is 295. The molecule has 1 rings (SSSR count). The van der Waals surface area contributed by atoms with Gasteiger partial charge in [-0.3, -0.25) is 0 Å². The largest absolute Gasteiger partial charge is 0.384 e. The van der Waals surface area contributed by atoms with Gasteiger partial charge < -0.3 is 10.5 Å². The van der Waals surface area contributed by atoms with Crippen LogP contribution in [0.1, 0.15) is 19.8 Å². The molecule has 0 aromatic carbocycles. The number of sulfonamides is 1. The van der Waals surface area contributed by atoms with Crippen molar-refractivity contribution in [2.24, 2.45) is 11.7 Å². The third-order valence-corrected chi connectivity index (χ3v) is 5.02. The van der Waals surface area contributed by atoms with E-state index in [2.05, 4.69) is 0 Å². The number of nitrogens with two attached hydrogens (primary N) is 1. The van der Waals surface area contributed by atoms with Gasteiger partial charge in [-0.2, -0.15) is 0 Å². The van der Waals surface area contributed by atoms with Crippen molar-refractivity contribution in [1.82, 2.24) is 4.31 Å². The molecule has 1 saturated heterocycles. The first-order valence-corrected chi connectivity index (χ1v) is 7.30. The lowest BCUT2D eigenvalue weighted by molar-refractivity contribution is 0.211. The molecule has 0 saturated carbocycles. The van der Waals surface area contributed by atoms with Gasteiger partial charge in [0.25, 0.3) is 0 Å². The highest BCUT2D eigenvalue weighted by Crippen LogP contribution is 2.21. The highest BCUT2D eigenvalue weighted by molar-refractivity contribution is 7.89. The number of ether oxygens (including phenoxy) is 1. The van der Waals surface area contributed by atoms with Gasteiger partial charge in [-0.25, -0.2) is 12.7 Å². The van der Waals surface area contributed by atoms with Gasteiger partial charge in [0.15, 0.2) is 0 Å². The summed E-state index contributed by atoms with van der Waals surface area (Å²) < 4.78 is 30.0. The van der Waals surface area contributed by atoms with Crippen LogP contribution in [0, 0.1) is 5.92 Å². The Hall–Kier alpha value is -0.170. The van der Waals surface area contributed by atoms with E-state index >= 15 is 0 Å². The SMILES string of the molecule is COCCS(=O)(=O)N1CCC(C(C)N)CC1. The summed E-state index contributed by atoms with van der Waals surface area (Å²) in [7, 11) is -1.62. The molecule has 0 aromatic heterocycles. The molecule has 1 aliphatic heterocycles. The number of rotatable bonds is 5. The summed E-state index contributed by atoms with van der Waals surface area (Å²) in [5, 5.41) is 0. The third-order valence-electron chi connectivity index (χ3n) is 3.18. The third kappa shape index (κ3) is 3.69. The molecule has 0 aromatic rings. The maximum absolute atomic E-state index is 11.8. The van der Waals surface area contributed by atoms with Gasteiger partial charge in [0.1, 0.15) is 0 Å². The Kier molecular flexibility index (Phi) is 5.17. The number of methoxy groups -OCH3 is 1. The van der Waals surface area contributed by atoms with Gasteiger partial charge in [-0.15, -0.1) is 0 Å². The second kappa shape index (κ2) is 5.95. The normalized spacial score (nSPS) is 22.2. The Labute approximate surface area is 98.0 Å². The number of nitrogens with zero attached hydrogens (tertiary/aromatic N) is 1. The van der Waals surface area contributed by atoms with E-state index in [0.29, 0.717) is 19.0 Å². The van der Waals surface area contributed by atoms with Crippen molar-refractivity contribution in [3.63, 3.8) is 0 Å². The lowest BCUT2D eigenvalue weighted by Gasteiger charge is -2.32. The van der Waals surface area contributed by atoms with E-state index in [1.165, 1.54) is 7.11 Å². The van der Waals surface area contributed by atoms with Crippen LogP contribution in [0.4, 0.5) is 0 Å². The first kappa shape index (κ1) is 13.9. The summed E-state index contributed by atoms with van der Waals surface area (Å²) in [6.07, 6.45) is 1.73. The van der Waals surface area contributed by atoms with Crippen molar-refractivity contribution in [2.75, 3.05) is 32.6 Å². The van der Waals surface area contributed by atoms with Gasteiger partial charge in [0.2, 0.25) is 10.0 Å². The molecule has 1 unspecified atom stereocenters. The van der Waals surface area contributed by atoms with Crippen molar-refractivity contribution in [3.8, 4) is 0 Å². The Balaban J connectivity index is 2.47. The summed E-state index contributed by atoms with van der Waals surface area (Å²) in [5.74, 6) is 0.528. The molecule has 0 bridgehead atoms. The monoisotopic (exact) mass is 250 g/mol. The summed E-state index contributed by atoms with van der Waals surface area (Å²) >= 11 is 0. The maximum Gasteiger partial charge on any atom is 0.216 e. The average Bonchev–Trinajstić information content (AvgIpc) is 2.26. The first-order chi connectivity index (χ1) is 7.47. The molecule has 1 fully saturated rings. The zero-order valence-electron chi connectivity index (χ0n) is 10.1. The quantitative estimate of drug-likeness (QED) is 0.746. The summed E-state index contributed by atoms with van der Waals surface area (Å²) in [5.41, 5.74) is 5.81. The van der Waals surface area contributed by atoms with E-state index < -0.39 is 10.0 Å². The Morgan fingerprint density at radius 1 is 1.44 bits per heavy atom. The standard InChI is InChI=1S/C10H22N2O3S/c1-9(11)10-3-5-12(6-4-10)16(13,14)8-7-15-2/h9-10H,3-8,11H2,1-2H3. The van der Waals surface area contributed by atoms with Crippen LogP contribution < -0.4 is 5.73 Å². The van der Waals surface area contributed by atoms with E-state index in [0.717, 1.165) is 12.8 Å². The van der Waals surface area contributed by atoms with Crippen LogP contribution in [0.15, 0.2) is 0 Å². The lowest BCUT2D eigenvalue weighted by atomic mass is 9.92. The lowest BCUT2D eigenvalue weighted by Crippen LogP contribution is -2.43. The van der Waals surface area contributed by atoms with Crippen molar-refractivity contribution in [1.29, 1.82) is 0 Å². The van der Waals surface area contributed by atoms with Crippen molar-refractivity contribution < 1.29 is 13.2 Å². The smallest absolute Gasteiger partial charge is 0.216 e. The second-order valence-electron chi connectivity index (χ2n) is 4.40. The van der Waals surface area contributed by atoms with Crippen molar-refractivity contribution >= 4 is 10.0 Å². The van der Waals surface area contributed by atoms with E-state index in [9.17, 15) is 8.42 Å². The molecule has 1 atom stereocenters. The molecule has 2 N–H and O–H groups in total. The van der Waals surface area contributed by atoms with E-state index in [1.807, 2.05) is 6.92 Å². The summed E-state index contributed by atoms with van der Waals surface area (Å²) in [6.45, 7) is 3.44. The van der Waals surface area contributed by atoms with Gasteiger partial charge in [0, 0.05) is 26.2 Å². The van der Waals surface area contributed by atoms with Crippen LogP contribution in [0.25, 0.3) is 0 Å². The van der Waals surface area contributed by atoms with Crippen LogP contribution >= 0.6 is 0 Å². The Morgan fingerprint density at radius 2 is 2.00 bits per heavy atom. The topological polar surface area (TPSA) is 72.6 Å². The minimum atomic E-state index is -3.13. The molecule has 6 heteroatoms. The van der Waals surface area contributed by atoms with Crippen LogP contribution in [0.3, 0.4) is 0 Å². The average molecular weight is 250 g/mol. The summed E-state index contributed by atoms with van der Waals surface area (Å²) in [4.78, 5) is 0. The zero-order chi connectivity index (χ0) is 12.2.